The van der Waals surface area contributed by atoms with Gasteiger partial charge in [0.1, 0.15) is 69.4 Å². The van der Waals surface area contributed by atoms with Gasteiger partial charge < -0.3 is 65.0 Å². The first kappa shape index (κ1) is 107. The van der Waals surface area contributed by atoms with Crippen molar-refractivity contribution in [1.29, 1.82) is 0 Å². The molecule has 10 aromatic carbocycles. The number of hydrogen-bond acceptors (Lipinski definition) is 22. The topological polar surface area (TPSA) is 319 Å². The van der Waals surface area contributed by atoms with Crippen molar-refractivity contribution in [1.82, 2.24) is 0 Å². The standard InChI is InChI=1S/2C25H31N3O3.2C25H33NO3.C20H23NO/c2*1-16-10-21(19-6-8-25(3,14-29)9-7-19)20(12-24(16)30)17(2)28-31-13-18-4-5-22-23(11-18)27-15-26-22;2*1-17-5-7-20(8-6-17)15-29-26-19(3)22-14-24(28)18(2)13-23(22)21-9-11-25(4,16-27)12-10-21;1-14-7-9-17(10-8-14)13-22-21-20-6-4-5-18-11-15(2)16(3)12-19(18)20/h2*4-5,10-12,19,29-30H,6-9,13-15H2,1-3H3;2*5-8,13-14,21,27-28H,9-12,15-16H2,1-4H3;7-12H,4-6,13H2,1-3H3/b;;;;21-20+. The van der Waals surface area contributed by atoms with Crippen LogP contribution in [0.25, 0.3) is 0 Å². The summed E-state index contributed by atoms with van der Waals surface area (Å²) in [5.74, 6) is 2.71. The van der Waals surface area contributed by atoms with Crippen molar-refractivity contribution < 1.29 is 65.0 Å². The molecule has 2 aliphatic heterocycles. The molecule has 4 saturated carbocycles. The lowest BCUT2D eigenvalue weighted by atomic mass is 9.69. The molecular weight excluding hydrogens is 1780 g/mol. The van der Waals surface area contributed by atoms with Gasteiger partial charge in [0.2, 0.25) is 0 Å². The number of nitrogens with zero attached hydrogens (tertiary/aromatic N) is 9. The highest BCUT2D eigenvalue weighted by Gasteiger charge is 2.38. The molecule has 0 radical (unpaired) electrons. The van der Waals surface area contributed by atoms with Gasteiger partial charge in [-0.25, -0.2) is 0 Å². The normalized spacial score (nSPS) is 21.7. The third-order valence-electron chi connectivity index (χ3n) is 30.5. The van der Waals surface area contributed by atoms with E-state index in [0.29, 0.717) is 70.0 Å². The van der Waals surface area contributed by atoms with Gasteiger partial charge in [0.25, 0.3) is 0 Å². The molecule has 4 fully saturated rings. The van der Waals surface area contributed by atoms with Gasteiger partial charge in [-0.2, -0.15) is 0 Å². The Morgan fingerprint density at radius 2 is 0.563 bits per heavy atom. The number of aromatic hydroxyl groups is 4. The predicted molar refractivity (Wildman–Crippen MR) is 566 cm³/mol. The van der Waals surface area contributed by atoms with Crippen LogP contribution in [0.5, 0.6) is 23.0 Å². The average Bonchev–Trinajstić information content (AvgIpc) is 0.857. The minimum absolute atomic E-state index is 0.0182. The third-order valence-corrected chi connectivity index (χ3v) is 30.5. The van der Waals surface area contributed by atoms with Gasteiger partial charge in [0.15, 0.2) is 0 Å². The van der Waals surface area contributed by atoms with Gasteiger partial charge >= 0.3 is 0 Å². The van der Waals surface area contributed by atoms with E-state index in [2.05, 4.69) is 193 Å². The molecule has 17 rings (SSSR count). The van der Waals surface area contributed by atoms with Crippen LogP contribution in [0.4, 0.5) is 0 Å². The van der Waals surface area contributed by atoms with Crippen molar-refractivity contribution in [2.75, 3.05) is 39.8 Å². The van der Waals surface area contributed by atoms with Gasteiger partial charge in [0.05, 0.1) is 50.0 Å². The van der Waals surface area contributed by atoms with Crippen LogP contribution >= 0.6 is 0 Å². The zero-order chi connectivity index (χ0) is 102. The van der Waals surface area contributed by atoms with E-state index >= 15 is 0 Å². The maximum Gasteiger partial charge on any atom is 0.142 e. The maximum atomic E-state index is 10.3. The molecule has 0 spiro atoms. The first-order valence-electron chi connectivity index (χ1n) is 50.9. The van der Waals surface area contributed by atoms with Crippen LogP contribution in [0.3, 0.4) is 0 Å². The van der Waals surface area contributed by atoms with E-state index < -0.39 is 0 Å². The van der Waals surface area contributed by atoms with Crippen molar-refractivity contribution in [2.45, 2.75) is 296 Å². The van der Waals surface area contributed by atoms with Crippen molar-refractivity contribution in [3.05, 3.63) is 325 Å². The lowest BCUT2D eigenvalue weighted by molar-refractivity contribution is 0.0934. The largest absolute Gasteiger partial charge is 0.508 e. The van der Waals surface area contributed by atoms with E-state index in [0.717, 1.165) is 244 Å². The molecule has 8 N–H and O–H groups in total. The fourth-order valence-electron chi connectivity index (χ4n) is 20.1. The molecular formula is C120H151N9O13. The number of oxime groups is 5. The number of aliphatic hydroxyl groups excluding tert-OH is 4. The van der Waals surface area contributed by atoms with E-state index in [-0.39, 0.29) is 71.1 Å². The van der Waals surface area contributed by atoms with E-state index in [4.69, 9.17) is 24.2 Å². The lowest BCUT2D eigenvalue weighted by Gasteiger charge is -2.36. The highest BCUT2D eigenvalue weighted by Crippen LogP contribution is 2.49. The average molecular weight is 1930 g/mol. The summed E-state index contributed by atoms with van der Waals surface area (Å²) in [4.78, 5) is 45.5. The molecule has 5 aliphatic carbocycles. The number of fused-ring (bicyclic) bond motifs is 3. The van der Waals surface area contributed by atoms with Crippen LogP contribution in [0, 0.1) is 84.0 Å². The molecule has 0 unspecified atom stereocenters. The Labute approximate surface area is 840 Å². The summed E-state index contributed by atoms with van der Waals surface area (Å²) in [6.45, 7) is 38.7. The Kier molecular flexibility index (Phi) is 37.1. The summed E-state index contributed by atoms with van der Waals surface area (Å²) in [7, 11) is 0. The zero-order valence-electron chi connectivity index (χ0n) is 86.8. The Morgan fingerprint density at radius 3 is 0.852 bits per heavy atom. The van der Waals surface area contributed by atoms with E-state index in [1.165, 1.54) is 61.2 Å². The van der Waals surface area contributed by atoms with Crippen molar-refractivity contribution in [2.24, 2.45) is 67.4 Å². The van der Waals surface area contributed by atoms with Crippen LogP contribution in [0.1, 0.15) is 328 Å². The van der Waals surface area contributed by atoms with Gasteiger partial charge in [-0.05, 0) is 401 Å². The predicted octanol–water partition coefficient (Wildman–Crippen LogP) is 23.1. The summed E-state index contributed by atoms with van der Waals surface area (Å²) < 4.78 is 0. The summed E-state index contributed by atoms with van der Waals surface area (Å²) in [6, 6.07) is 56.9. The van der Waals surface area contributed by atoms with Crippen molar-refractivity contribution >= 4 is 28.6 Å². The molecule has 0 aromatic heterocycles. The van der Waals surface area contributed by atoms with Crippen LogP contribution in [-0.4, -0.2) is 109 Å². The smallest absolute Gasteiger partial charge is 0.142 e. The Hall–Kier alpha value is -12.2. The molecule has 22 nitrogen and oxygen atoms in total. The number of rotatable bonds is 27. The lowest BCUT2D eigenvalue weighted by Crippen LogP contribution is -2.27. The number of hydrogen-bond donors (Lipinski definition) is 8. The molecule has 754 valence electrons. The van der Waals surface area contributed by atoms with Gasteiger partial charge in [-0.3, -0.25) is 20.0 Å². The number of phenolic OH excluding ortho intramolecular Hbond substituents is 4. The van der Waals surface area contributed by atoms with Crippen LogP contribution in [0.15, 0.2) is 216 Å². The first-order chi connectivity index (χ1) is 68.0. The second kappa shape index (κ2) is 49.2. The zero-order valence-corrected chi connectivity index (χ0v) is 86.8. The number of benzene rings is 10. The monoisotopic (exact) mass is 1930 g/mol. The molecule has 22 heteroatoms. The van der Waals surface area contributed by atoms with Crippen LogP contribution < -0.4 is 21.4 Å². The number of aryl methyl sites for hydroxylation is 10. The molecule has 0 saturated heterocycles. The summed E-state index contributed by atoms with van der Waals surface area (Å²) in [5, 5.41) is 105. The molecule has 142 heavy (non-hydrogen) atoms. The molecule has 0 atom stereocenters. The molecule has 10 aromatic rings. The quantitative estimate of drug-likeness (QED) is 0.0176. The van der Waals surface area contributed by atoms with E-state index in [1.807, 2.05) is 140 Å². The van der Waals surface area contributed by atoms with Gasteiger partial charge in [0, 0.05) is 54.2 Å². The Bertz CT molecular complexity index is 6120. The van der Waals surface area contributed by atoms with Gasteiger partial charge in [-0.15, -0.1) is 0 Å². The fraction of sp³-hybridized carbons (Fsp3) is 0.458. The van der Waals surface area contributed by atoms with Crippen molar-refractivity contribution in [3.63, 3.8) is 0 Å². The first-order valence-corrected chi connectivity index (χ1v) is 50.9. The highest BCUT2D eigenvalue weighted by molar-refractivity contribution is 6.04. The van der Waals surface area contributed by atoms with E-state index in [9.17, 15) is 40.9 Å². The molecule has 2 heterocycles. The summed E-state index contributed by atoms with van der Waals surface area (Å²) in [5.41, 5.74) is 30.8. The highest BCUT2D eigenvalue weighted by atomic mass is 16.6. The second-order valence-corrected chi connectivity index (χ2v) is 42.5. The summed E-state index contributed by atoms with van der Waals surface area (Å²) >= 11 is 0. The maximum absolute atomic E-state index is 10.3. The van der Waals surface area contributed by atoms with Crippen LogP contribution in [0.2, 0.25) is 0 Å². The minimum atomic E-state index is 0.0182. The van der Waals surface area contributed by atoms with Crippen LogP contribution in [-0.2, 0) is 63.6 Å². The SMILES string of the molecule is CC(=NOCc1ccc(C)cc1)c1cc(O)c(C)cc1C1CCC(C)(CO)CC1.CC(=NOCc1ccc(C)cc1)c1cc(O)c(C)cc1C1CCC(C)(CO)CC1.CC(=NOCc1ccc2c(c1)=NCN=2)c1cc(O)c(C)cc1C1CCC(C)(CO)CC1.CC(=NOCc1ccc2c(c1)=NCN=2)c1cc(O)c(C)cc1C1CCC(C)(CO)CC1.Cc1ccc(CO/N=C2\CCCc3cc(C)c(C)cc32)cc1. The molecule has 7 aliphatic rings. The van der Waals surface area contributed by atoms with Crippen molar-refractivity contribution in [3.8, 4) is 23.0 Å². The number of phenols is 4. The molecule has 0 amide bonds. The van der Waals surface area contributed by atoms with Gasteiger partial charge in [-0.1, -0.05) is 185 Å². The molecule has 0 bridgehead atoms. The summed E-state index contributed by atoms with van der Waals surface area (Å²) in [6.07, 6.45) is 19.5. The number of aliphatic hydroxyl groups is 4. The Morgan fingerprint density at radius 1 is 0.303 bits per heavy atom. The second-order valence-electron chi connectivity index (χ2n) is 42.5. The third kappa shape index (κ3) is 28.6. The van der Waals surface area contributed by atoms with E-state index in [1.54, 1.807) is 0 Å². The fourth-order valence-corrected chi connectivity index (χ4v) is 20.1. The Balaban J connectivity index is 0.000000150. The minimum Gasteiger partial charge on any atom is -0.508 e.